The maximum atomic E-state index is 11.4. The van der Waals surface area contributed by atoms with Crippen LogP contribution < -0.4 is 10.6 Å². The fourth-order valence-corrected chi connectivity index (χ4v) is 1.54. The summed E-state index contributed by atoms with van der Waals surface area (Å²) in [5.41, 5.74) is 1.92. The molecule has 1 aromatic carbocycles. The van der Waals surface area contributed by atoms with Crippen LogP contribution in [0, 0.1) is 0 Å². The molecular formula is C15H24N2O2. The smallest absolute Gasteiger partial charge is 0.407 e. The quantitative estimate of drug-likeness (QED) is 0.803. The van der Waals surface area contributed by atoms with Gasteiger partial charge in [-0.05, 0) is 44.9 Å². The number of hydrogen-bond donors (Lipinski definition) is 2. The fraction of sp³-hybridized carbons (Fsp3) is 0.533. The molecule has 0 aromatic heterocycles. The predicted octanol–water partition coefficient (Wildman–Crippen LogP) is 3.19. The molecule has 4 nitrogen and oxygen atoms in total. The topological polar surface area (TPSA) is 50.4 Å². The summed E-state index contributed by atoms with van der Waals surface area (Å²) in [5, 5.41) is 5.95. The van der Waals surface area contributed by atoms with E-state index in [1.54, 1.807) is 0 Å². The van der Waals surface area contributed by atoms with Crippen LogP contribution in [0.1, 0.15) is 33.3 Å². The molecule has 0 unspecified atom stereocenters. The summed E-state index contributed by atoms with van der Waals surface area (Å²) < 4.78 is 5.14. The Kier molecular flexibility index (Phi) is 5.67. The number of carbonyl (C=O) groups excluding carboxylic acids is 1. The Morgan fingerprint density at radius 3 is 2.32 bits per heavy atom. The standard InChI is InChI=1S/C15H24N2O2/c1-5-12-6-8-13(9-7-12)16-10-11-17-14(18)19-15(2,3)4/h6-9,16H,5,10-11H2,1-4H3,(H,17,18). The molecule has 19 heavy (non-hydrogen) atoms. The number of aryl methyl sites for hydroxylation is 1. The predicted molar refractivity (Wildman–Crippen MR) is 78.5 cm³/mol. The van der Waals surface area contributed by atoms with Gasteiger partial charge < -0.3 is 15.4 Å². The molecule has 0 aliphatic heterocycles. The molecule has 0 bridgehead atoms. The zero-order chi connectivity index (χ0) is 14.3. The van der Waals surface area contributed by atoms with Gasteiger partial charge in [0, 0.05) is 18.8 Å². The first-order chi connectivity index (χ1) is 8.90. The first-order valence-electron chi connectivity index (χ1n) is 6.70. The van der Waals surface area contributed by atoms with E-state index >= 15 is 0 Å². The van der Waals surface area contributed by atoms with Crippen molar-refractivity contribution in [3.63, 3.8) is 0 Å². The molecule has 1 rings (SSSR count). The number of hydrogen-bond acceptors (Lipinski definition) is 3. The number of carbonyl (C=O) groups is 1. The highest BCUT2D eigenvalue weighted by Crippen LogP contribution is 2.09. The summed E-state index contributed by atoms with van der Waals surface area (Å²) >= 11 is 0. The summed E-state index contributed by atoms with van der Waals surface area (Å²) in [6, 6.07) is 8.30. The molecule has 2 N–H and O–H groups in total. The van der Waals surface area contributed by atoms with Crippen molar-refractivity contribution < 1.29 is 9.53 Å². The second-order valence-electron chi connectivity index (χ2n) is 5.41. The van der Waals surface area contributed by atoms with E-state index in [-0.39, 0.29) is 6.09 Å². The van der Waals surface area contributed by atoms with Crippen LogP contribution in [0.4, 0.5) is 10.5 Å². The van der Waals surface area contributed by atoms with Crippen molar-refractivity contribution in [1.29, 1.82) is 0 Å². The summed E-state index contributed by atoms with van der Waals surface area (Å²) in [6.07, 6.45) is 0.663. The van der Waals surface area contributed by atoms with E-state index in [0.29, 0.717) is 13.1 Å². The highest BCUT2D eigenvalue weighted by atomic mass is 16.6. The van der Waals surface area contributed by atoms with Crippen molar-refractivity contribution in [3.05, 3.63) is 29.8 Å². The van der Waals surface area contributed by atoms with Gasteiger partial charge in [0.2, 0.25) is 0 Å². The summed E-state index contributed by atoms with van der Waals surface area (Å²) in [6.45, 7) is 8.88. The average Bonchev–Trinajstić information content (AvgIpc) is 2.33. The summed E-state index contributed by atoms with van der Waals surface area (Å²) in [4.78, 5) is 11.4. The lowest BCUT2D eigenvalue weighted by Gasteiger charge is -2.19. The lowest BCUT2D eigenvalue weighted by atomic mass is 10.1. The van der Waals surface area contributed by atoms with Gasteiger partial charge in [-0.3, -0.25) is 0 Å². The van der Waals surface area contributed by atoms with Crippen LogP contribution in [0.2, 0.25) is 0 Å². The Bertz CT molecular complexity index is 394. The number of alkyl carbamates (subject to hydrolysis) is 1. The minimum Gasteiger partial charge on any atom is -0.444 e. The van der Waals surface area contributed by atoms with Crippen molar-refractivity contribution in [2.45, 2.75) is 39.7 Å². The van der Waals surface area contributed by atoms with E-state index in [4.69, 9.17) is 4.74 Å². The normalized spacial score (nSPS) is 10.9. The van der Waals surface area contributed by atoms with Crippen LogP contribution >= 0.6 is 0 Å². The third kappa shape index (κ3) is 6.70. The van der Waals surface area contributed by atoms with Gasteiger partial charge in [-0.15, -0.1) is 0 Å². The summed E-state index contributed by atoms with van der Waals surface area (Å²) in [7, 11) is 0. The van der Waals surface area contributed by atoms with Crippen LogP contribution in [0.15, 0.2) is 24.3 Å². The fourth-order valence-electron chi connectivity index (χ4n) is 1.54. The van der Waals surface area contributed by atoms with Crippen molar-refractivity contribution in [2.24, 2.45) is 0 Å². The number of rotatable bonds is 5. The highest BCUT2D eigenvalue weighted by molar-refractivity contribution is 5.67. The zero-order valence-electron chi connectivity index (χ0n) is 12.2. The van der Waals surface area contributed by atoms with Crippen molar-refractivity contribution in [2.75, 3.05) is 18.4 Å². The van der Waals surface area contributed by atoms with E-state index < -0.39 is 5.60 Å². The van der Waals surface area contributed by atoms with Gasteiger partial charge in [0.05, 0.1) is 0 Å². The third-order valence-electron chi connectivity index (χ3n) is 2.48. The second-order valence-corrected chi connectivity index (χ2v) is 5.41. The van der Waals surface area contributed by atoms with E-state index in [9.17, 15) is 4.79 Å². The highest BCUT2D eigenvalue weighted by Gasteiger charge is 2.15. The molecule has 1 amide bonds. The number of amides is 1. The van der Waals surface area contributed by atoms with Crippen LogP contribution in [0.25, 0.3) is 0 Å². The van der Waals surface area contributed by atoms with Gasteiger partial charge in [-0.1, -0.05) is 19.1 Å². The molecule has 1 aromatic rings. The van der Waals surface area contributed by atoms with Crippen molar-refractivity contribution in [3.8, 4) is 0 Å². The Morgan fingerprint density at radius 2 is 1.79 bits per heavy atom. The van der Waals surface area contributed by atoms with Gasteiger partial charge in [-0.25, -0.2) is 4.79 Å². The molecule has 0 saturated carbocycles. The molecular weight excluding hydrogens is 240 g/mol. The lowest BCUT2D eigenvalue weighted by molar-refractivity contribution is 0.0530. The molecule has 0 aliphatic rings. The van der Waals surface area contributed by atoms with Gasteiger partial charge in [0.15, 0.2) is 0 Å². The van der Waals surface area contributed by atoms with Gasteiger partial charge >= 0.3 is 6.09 Å². The van der Waals surface area contributed by atoms with Crippen LogP contribution in [0.3, 0.4) is 0 Å². The van der Waals surface area contributed by atoms with E-state index in [1.165, 1.54) is 5.56 Å². The van der Waals surface area contributed by atoms with Crippen molar-refractivity contribution >= 4 is 11.8 Å². The van der Waals surface area contributed by atoms with Gasteiger partial charge in [0.1, 0.15) is 5.60 Å². The van der Waals surface area contributed by atoms with E-state index in [2.05, 4.69) is 29.7 Å². The summed E-state index contributed by atoms with van der Waals surface area (Å²) in [5.74, 6) is 0. The molecule has 0 heterocycles. The van der Waals surface area contributed by atoms with E-state index in [1.807, 2.05) is 32.9 Å². The maximum Gasteiger partial charge on any atom is 0.407 e. The van der Waals surface area contributed by atoms with Crippen molar-refractivity contribution in [1.82, 2.24) is 5.32 Å². The minimum absolute atomic E-state index is 0.379. The number of benzene rings is 1. The van der Waals surface area contributed by atoms with Crippen LogP contribution in [0.5, 0.6) is 0 Å². The number of ether oxygens (including phenoxy) is 1. The first kappa shape index (κ1) is 15.3. The number of anilines is 1. The SMILES string of the molecule is CCc1ccc(NCCNC(=O)OC(C)(C)C)cc1. The molecule has 0 radical (unpaired) electrons. The van der Waals surface area contributed by atoms with Gasteiger partial charge in [-0.2, -0.15) is 0 Å². The monoisotopic (exact) mass is 264 g/mol. The third-order valence-corrected chi connectivity index (χ3v) is 2.48. The molecule has 106 valence electrons. The zero-order valence-corrected chi connectivity index (χ0v) is 12.2. The van der Waals surface area contributed by atoms with Crippen LogP contribution in [-0.2, 0) is 11.2 Å². The Labute approximate surface area is 115 Å². The van der Waals surface area contributed by atoms with Crippen LogP contribution in [-0.4, -0.2) is 24.8 Å². The largest absolute Gasteiger partial charge is 0.444 e. The minimum atomic E-state index is -0.451. The van der Waals surface area contributed by atoms with Gasteiger partial charge in [0.25, 0.3) is 0 Å². The lowest BCUT2D eigenvalue weighted by Crippen LogP contribution is -2.34. The molecule has 4 heteroatoms. The number of nitrogens with one attached hydrogen (secondary N) is 2. The Morgan fingerprint density at radius 1 is 1.16 bits per heavy atom. The molecule has 0 atom stereocenters. The second kappa shape index (κ2) is 7.02. The molecule has 0 fully saturated rings. The maximum absolute atomic E-state index is 11.4. The molecule has 0 spiro atoms. The first-order valence-corrected chi connectivity index (χ1v) is 6.70. The molecule has 0 saturated heterocycles. The Balaban J connectivity index is 2.21. The molecule has 0 aliphatic carbocycles. The Hall–Kier alpha value is -1.71. The van der Waals surface area contributed by atoms with E-state index in [0.717, 1.165) is 12.1 Å². The average molecular weight is 264 g/mol.